The fraction of sp³-hybridized carbons (Fsp3) is 0.458. The molecule has 0 saturated heterocycles. The van der Waals surface area contributed by atoms with Gasteiger partial charge >= 0.3 is 0 Å². The summed E-state index contributed by atoms with van der Waals surface area (Å²) in [5.74, 6) is 0.677. The Kier molecular flexibility index (Phi) is 6.20. The second-order valence-corrected chi connectivity index (χ2v) is 7.79. The van der Waals surface area contributed by atoms with Gasteiger partial charge in [-0.1, -0.05) is 31.2 Å². The van der Waals surface area contributed by atoms with Gasteiger partial charge in [-0.3, -0.25) is 4.79 Å². The second kappa shape index (κ2) is 8.60. The molecular formula is C24H31NO2. The van der Waals surface area contributed by atoms with Gasteiger partial charge in [0, 0.05) is 0 Å². The molecule has 2 aromatic carbocycles. The van der Waals surface area contributed by atoms with Crippen LogP contribution in [0.4, 0.5) is 0 Å². The summed E-state index contributed by atoms with van der Waals surface area (Å²) >= 11 is 0. The van der Waals surface area contributed by atoms with E-state index >= 15 is 0 Å². The molecule has 0 unspecified atom stereocenters. The molecule has 1 aliphatic carbocycles. The highest BCUT2D eigenvalue weighted by molar-refractivity contribution is 5.81. The van der Waals surface area contributed by atoms with E-state index in [0.29, 0.717) is 0 Å². The maximum atomic E-state index is 12.7. The van der Waals surface area contributed by atoms with Crippen LogP contribution >= 0.6 is 0 Å². The van der Waals surface area contributed by atoms with Crippen molar-refractivity contribution in [1.29, 1.82) is 0 Å². The number of fused-ring (bicyclic) bond motifs is 1. The van der Waals surface area contributed by atoms with Gasteiger partial charge in [-0.05, 0) is 92.8 Å². The molecule has 3 rings (SSSR count). The minimum absolute atomic E-state index is 0.0232. The third-order valence-electron chi connectivity index (χ3n) is 5.38. The summed E-state index contributed by atoms with van der Waals surface area (Å²) in [6.45, 7) is 7.99. The molecule has 144 valence electrons. The molecule has 2 aromatic rings. The number of aryl methyl sites for hydroxylation is 4. The first-order chi connectivity index (χ1) is 13.0. The molecule has 0 aliphatic heterocycles. The Hall–Kier alpha value is -2.29. The largest absolute Gasteiger partial charge is 0.481 e. The number of carbonyl (C=O) groups excluding carboxylic acids is 1. The first kappa shape index (κ1) is 19.5. The molecule has 2 atom stereocenters. The number of nitrogens with one attached hydrogen (secondary N) is 1. The van der Waals surface area contributed by atoms with Crippen LogP contribution in [-0.2, 0) is 17.6 Å². The van der Waals surface area contributed by atoms with Gasteiger partial charge in [0.2, 0.25) is 0 Å². The molecule has 0 spiro atoms. The molecule has 0 saturated carbocycles. The van der Waals surface area contributed by atoms with Gasteiger partial charge < -0.3 is 10.1 Å². The Morgan fingerprint density at radius 2 is 1.70 bits per heavy atom. The quantitative estimate of drug-likeness (QED) is 0.762. The average Bonchev–Trinajstić information content (AvgIpc) is 2.64. The monoisotopic (exact) mass is 365 g/mol. The minimum Gasteiger partial charge on any atom is -0.481 e. The van der Waals surface area contributed by atoms with Crippen LogP contribution in [0, 0.1) is 13.8 Å². The van der Waals surface area contributed by atoms with Crippen LogP contribution in [0.5, 0.6) is 5.75 Å². The molecule has 0 heterocycles. The van der Waals surface area contributed by atoms with Crippen molar-refractivity contribution in [3.05, 3.63) is 64.2 Å². The molecule has 0 aromatic heterocycles. The average molecular weight is 366 g/mol. The van der Waals surface area contributed by atoms with Gasteiger partial charge in [0.15, 0.2) is 6.10 Å². The summed E-state index contributed by atoms with van der Waals surface area (Å²) in [6.07, 6.45) is 5.21. The third-order valence-corrected chi connectivity index (χ3v) is 5.38. The van der Waals surface area contributed by atoms with Gasteiger partial charge in [-0.2, -0.15) is 0 Å². The van der Waals surface area contributed by atoms with Gasteiger partial charge in [0.05, 0.1) is 6.04 Å². The summed E-state index contributed by atoms with van der Waals surface area (Å²) in [4.78, 5) is 12.7. The summed E-state index contributed by atoms with van der Waals surface area (Å²) in [6, 6.07) is 12.8. The number of hydrogen-bond donors (Lipinski definition) is 1. The maximum Gasteiger partial charge on any atom is 0.261 e. The zero-order valence-corrected chi connectivity index (χ0v) is 17.0. The van der Waals surface area contributed by atoms with Gasteiger partial charge in [-0.25, -0.2) is 0 Å². The molecular weight excluding hydrogens is 334 g/mol. The van der Waals surface area contributed by atoms with Gasteiger partial charge in [0.1, 0.15) is 5.75 Å². The lowest BCUT2D eigenvalue weighted by atomic mass is 9.89. The summed E-state index contributed by atoms with van der Waals surface area (Å²) in [5, 5.41) is 3.18. The molecule has 3 heteroatoms. The fourth-order valence-corrected chi connectivity index (χ4v) is 3.94. The second-order valence-electron chi connectivity index (χ2n) is 7.79. The lowest BCUT2D eigenvalue weighted by Gasteiger charge is -2.23. The van der Waals surface area contributed by atoms with Crippen LogP contribution in [-0.4, -0.2) is 12.0 Å². The Balaban J connectivity index is 1.67. The van der Waals surface area contributed by atoms with E-state index in [2.05, 4.69) is 36.5 Å². The topological polar surface area (TPSA) is 38.3 Å². The fourth-order valence-electron chi connectivity index (χ4n) is 3.94. The Bertz CT molecular complexity index is 792. The van der Waals surface area contributed by atoms with Crippen LogP contribution in [0.25, 0.3) is 0 Å². The zero-order chi connectivity index (χ0) is 19.4. The van der Waals surface area contributed by atoms with E-state index in [-0.39, 0.29) is 11.9 Å². The highest BCUT2D eigenvalue weighted by Gasteiger charge is 2.20. The molecule has 27 heavy (non-hydrogen) atoms. The van der Waals surface area contributed by atoms with Crippen molar-refractivity contribution in [2.24, 2.45) is 0 Å². The maximum absolute atomic E-state index is 12.7. The van der Waals surface area contributed by atoms with E-state index in [1.54, 1.807) is 0 Å². The van der Waals surface area contributed by atoms with Crippen LogP contribution in [0.3, 0.4) is 0 Å². The van der Waals surface area contributed by atoms with Crippen molar-refractivity contribution in [1.82, 2.24) is 5.32 Å². The van der Waals surface area contributed by atoms with E-state index in [0.717, 1.165) is 29.7 Å². The van der Waals surface area contributed by atoms with E-state index in [1.165, 1.54) is 36.0 Å². The van der Waals surface area contributed by atoms with E-state index in [4.69, 9.17) is 4.74 Å². The predicted molar refractivity (Wildman–Crippen MR) is 110 cm³/mol. The third kappa shape index (κ3) is 4.91. The summed E-state index contributed by atoms with van der Waals surface area (Å²) in [5.41, 5.74) is 6.39. The number of amides is 1. The first-order valence-electron chi connectivity index (χ1n) is 10.1. The van der Waals surface area contributed by atoms with E-state index in [1.807, 2.05) is 32.9 Å². The van der Waals surface area contributed by atoms with Crippen molar-refractivity contribution >= 4 is 5.91 Å². The molecule has 0 bridgehead atoms. The van der Waals surface area contributed by atoms with Crippen molar-refractivity contribution < 1.29 is 9.53 Å². The predicted octanol–water partition coefficient (Wildman–Crippen LogP) is 5.22. The van der Waals surface area contributed by atoms with Gasteiger partial charge in [0.25, 0.3) is 5.91 Å². The minimum atomic E-state index is -0.530. The van der Waals surface area contributed by atoms with Crippen LogP contribution in [0.1, 0.15) is 67.0 Å². The molecule has 1 aliphatic rings. The lowest BCUT2D eigenvalue weighted by Crippen LogP contribution is -2.38. The first-order valence-corrected chi connectivity index (χ1v) is 10.1. The van der Waals surface area contributed by atoms with Crippen molar-refractivity contribution in [2.45, 2.75) is 71.9 Å². The highest BCUT2D eigenvalue weighted by atomic mass is 16.5. The molecule has 1 N–H and O–H groups in total. The number of carbonyl (C=O) groups is 1. The normalized spacial score (nSPS) is 15.6. The number of rotatable bonds is 6. The number of benzene rings is 2. The standard InChI is InChI=1S/C24H31NO2/c1-5-23(21-11-10-19-8-6-7-9-20(19)15-21)25-24(26)18(4)27-22-13-16(2)12-17(3)14-22/h10-15,18,23H,5-9H2,1-4H3,(H,25,26)/t18-,23+/m0/s1. The van der Waals surface area contributed by atoms with Gasteiger partial charge in [-0.15, -0.1) is 0 Å². The van der Waals surface area contributed by atoms with E-state index in [9.17, 15) is 4.79 Å². The smallest absolute Gasteiger partial charge is 0.261 e. The zero-order valence-electron chi connectivity index (χ0n) is 17.0. The molecule has 0 fully saturated rings. The van der Waals surface area contributed by atoms with Crippen LogP contribution < -0.4 is 10.1 Å². The number of ether oxygens (including phenoxy) is 1. The van der Waals surface area contributed by atoms with E-state index < -0.39 is 6.10 Å². The van der Waals surface area contributed by atoms with Crippen LogP contribution in [0.2, 0.25) is 0 Å². The Labute approximate surface area is 163 Å². The Morgan fingerprint density at radius 3 is 2.37 bits per heavy atom. The van der Waals surface area contributed by atoms with Crippen molar-refractivity contribution in [2.75, 3.05) is 0 Å². The SMILES string of the molecule is CC[C@@H](NC(=O)[C@H](C)Oc1cc(C)cc(C)c1)c1ccc2c(c1)CCCC2. The Morgan fingerprint density at radius 1 is 1.04 bits per heavy atom. The summed E-state index contributed by atoms with van der Waals surface area (Å²) < 4.78 is 5.90. The van der Waals surface area contributed by atoms with Crippen LogP contribution in [0.15, 0.2) is 36.4 Å². The molecule has 1 amide bonds. The molecule has 0 radical (unpaired) electrons. The highest BCUT2D eigenvalue weighted by Crippen LogP contribution is 2.26. The van der Waals surface area contributed by atoms with Crippen molar-refractivity contribution in [3.8, 4) is 5.75 Å². The lowest BCUT2D eigenvalue weighted by molar-refractivity contribution is -0.128. The molecule has 3 nitrogen and oxygen atoms in total. The summed E-state index contributed by atoms with van der Waals surface area (Å²) in [7, 11) is 0. The van der Waals surface area contributed by atoms with Crippen molar-refractivity contribution in [3.63, 3.8) is 0 Å². The number of hydrogen-bond acceptors (Lipinski definition) is 2.